The fourth-order valence-electron chi connectivity index (χ4n) is 2.35. The maximum Gasteiger partial charge on any atom is 0.237 e. The van der Waals surface area contributed by atoms with Crippen molar-refractivity contribution in [1.29, 1.82) is 0 Å². The van der Waals surface area contributed by atoms with E-state index in [9.17, 15) is 20.1 Å². The van der Waals surface area contributed by atoms with E-state index in [2.05, 4.69) is 5.32 Å². The average molecular weight is 277 g/mol. The SMILES string of the molecule is [2H]N1CCC[C@H]1C(=O)N[C@H]1C(O)O[C@H](CO)[C@@H](O)[C@@H]1O. The summed E-state index contributed by atoms with van der Waals surface area (Å²) in [5, 5.41) is 41.8. The minimum absolute atomic E-state index is 0.486. The van der Waals surface area contributed by atoms with Crippen molar-refractivity contribution in [2.75, 3.05) is 13.2 Å². The standard InChI is InChI=1S/C11H20N2O6/c14-4-6-8(15)9(16)7(11(18)19-6)13-10(17)5-2-1-3-12-5/h5-9,11-12,14-16,18H,1-4H2,(H,13,17)/t5-,6+,7+,8+,9+,11?/m0/s1/i/hD. The maximum absolute atomic E-state index is 12.0. The van der Waals surface area contributed by atoms with Gasteiger partial charge in [0.25, 0.3) is 0 Å². The highest BCUT2D eigenvalue weighted by Gasteiger charge is 2.44. The fourth-order valence-corrected chi connectivity index (χ4v) is 2.35. The lowest BCUT2D eigenvalue weighted by Gasteiger charge is -2.40. The van der Waals surface area contributed by atoms with Crippen molar-refractivity contribution in [2.45, 2.75) is 49.5 Å². The molecule has 0 aromatic heterocycles. The smallest absolute Gasteiger partial charge is 0.237 e. The normalized spacial score (nSPS) is 44.9. The molecule has 0 radical (unpaired) electrons. The Balaban J connectivity index is 1.99. The van der Waals surface area contributed by atoms with Gasteiger partial charge in [-0.15, -0.1) is 0 Å². The number of aliphatic hydroxyl groups is 4. The first-order valence-corrected chi connectivity index (χ1v) is 6.32. The highest BCUT2D eigenvalue weighted by atomic mass is 16.6. The first kappa shape index (κ1) is 13.2. The number of aliphatic hydroxyl groups excluding tert-OH is 4. The molecule has 8 heteroatoms. The van der Waals surface area contributed by atoms with Crippen LogP contribution in [0, 0.1) is 0 Å². The highest BCUT2D eigenvalue weighted by molar-refractivity contribution is 5.82. The van der Waals surface area contributed by atoms with Crippen LogP contribution in [-0.2, 0) is 9.53 Å². The molecule has 0 bridgehead atoms. The zero-order valence-corrected chi connectivity index (χ0v) is 10.3. The molecule has 110 valence electrons. The number of rotatable bonds is 3. The van der Waals surface area contributed by atoms with Crippen LogP contribution in [0.3, 0.4) is 0 Å². The molecule has 6 atom stereocenters. The molecule has 19 heavy (non-hydrogen) atoms. The molecule has 8 nitrogen and oxygen atoms in total. The molecule has 0 aromatic carbocycles. The molecule has 2 heterocycles. The summed E-state index contributed by atoms with van der Waals surface area (Å²) in [5.41, 5.74) is 0. The van der Waals surface area contributed by atoms with Gasteiger partial charge in [-0.05, 0) is 19.4 Å². The summed E-state index contributed by atoms with van der Waals surface area (Å²) in [6, 6.07) is -1.84. The molecular weight excluding hydrogens is 256 g/mol. The molecule has 1 unspecified atom stereocenters. The Morgan fingerprint density at radius 1 is 1.42 bits per heavy atom. The van der Waals surface area contributed by atoms with Gasteiger partial charge in [-0.25, -0.2) is 0 Å². The van der Waals surface area contributed by atoms with Gasteiger partial charge in [-0.1, -0.05) is 0 Å². The van der Waals surface area contributed by atoms with Crippen LogP contribution < -0.4 is 10.6 Å². The van der Waals surface area contributed by atoms with Crippen LogP contribution in [-0.4, -0.2) is 76.2 Å². The predicted octanol–water partition coefficient (Wildman–Crippen LogP) is -3.35. The van der Waals surface area contributed by atoms with E-state index in [1.165, 1.54) is 0 Å². The van der Waals surface area contributed by atoms with E-state index in [1.54, 1.807) is 0 Å². The van der Waals surface area contributed by atoms with Crippen LogP contribution in [0.5, 0.6) is 0 Å². The Hall–Kier alpha value is -0.770. The average Bonchev–Trinajstić information content (AvgIpc) is 2.85. The van der Waals surface area contributed by atoms with Gasteiger partial charge >= 0.3 is 0 Å². The second kappa shape index (κ2) is 6.12. The number of carbonyl (C=O) groups excluding carboxylic acids is 1. The second-order valence-electron chi connectivity index (χ2n) is 4.83. The van der Waals surface area contributed by atoms with Crippen molar-refractivity contribution in [1.82, 2.24) is 10.6 Å². The lowest BCUT2D eigenvalue weighted by atomic mass is 9.96. The molecule has 0 aromatic rings. The summed E-state index contributed by atoms with van der Waals surface area (Å²) >= 11 is 0. The van der Waals surface area contributed by atoms with E-state index in [-0.39, 0.29) is 0 Å². The van der Waals surface area contributed by atoms with E-state index < -0.39 is 49.2 Å². The minimum atomic E-state index is -1.53. The minimum Gasteiger partial charge on any atom is -0.394 e. The molecule has 2 rings (SSSR count). The molecule has 0 aliphatic carbocycles. The summed E-state index contributed by atoms with van der Waals surface area (Å²) in [6.45, 7) is -0.0708. The molecular formula is C11H20N2O6. The summed E-state index contributed by atoms with van der Waals surface area (Å²) < 4.78 is 12.5. The van der Waals surface area contributed by atoms with Crippen LogP contribution in [0.25, 0.3) is 0 Å². The van der Waals surface area contributed by atoms with E-state index in [4.69, 9.17) is 11.3 Å². The second-order valence-corrected chi connectivity index (χ2v) is 4.83. The molecule has 2 aliphatic heterocycles. The zero-order valence-electron chi connectivity index (χ0n) is 11.3. The van der Waals surface area contributed by atoms with E-state index in [1.807, 2.05) is 0 Å². The van der Waals surface area contributed by atoms with Crippen LogP contribution in [0.2, 0.25) is 1.41 Å². The number of ether oxygens (including phenoxy) is 1. The lowest BCUT2D eigenvalue weighted by Crippen LogP contribution is -2.65. The van der Waals surface area contributed by atoms with Gasteiger partial charge in [0.05, 0.1) is 12.6 Å². The topological polar surface area (TPSA) is 131 Å². The van der Waals surface area contributed by atoms with Gasteiger partial charge in [0.1, 0.15) is 25.8 Å². The van der Waals surface area contributed by atoms with Gasteiger partial charge in [0, 0.05) is 0 Å². The fraction of sp³-hybridized carbons (Fsp3) is 0.909. The van der Waals surface area contributed by atoms with Crippen molar-refractivity contribution in [3.05, 3.63) is 0 Å². The number of hydrogen-bond donors (Lipinski definition) is 6. The maximum atomic E-state index is 12.0. The molecule has 6 N–H and O–H groups in total. The van der Waals surface area contributed by atoms with Crippen molar-refractivity contribution < 1.29 is 31.4 Å². The zero-order chi connectivity index (χ0) is 14.9. The summed E-state index contributed by atoms with van der Waals surface area (Å²) in [4.78, 5) is 12.0. The Morgan fingerprint density at radius 2 is 2.16 bits per heavy atom. The van der Waals surface area contributed by atoms with Gasteiger partial charge in [0.2, 0.25) is 5.91 Å². The van der Waals surface area contributed by atoms with Gasteiger partial charge in [-0.3, -0.25) is 4.79 Å². The lowest BCUT2D eigenvalue weighted by molar-refractivity contribution is -0.254. The van der Waals surface area contributed by atoms with Crippen LogP contribution in [0.1, 0.15) is 12.8 Å². The summed E-state index contributed by atoms with van der Waals surface area (Å²) in [7, 11) is 0. The van der Waals surface area contributed by atoms with Gasteiger partial charge in [-0.2, -0.15) is 0 Å². The van der Waals surface area contributed by atoms with Crippen molar-refractivity contribution >= 4 is 5.91 Å². The van der Waals surface area contributed by atoms with Crippen LogP contribution in [0.15, 0.2) is 0 Å². The predicted molar refractivity (Wildman–Crippen MR) is 62.9 cm³/mol. The van der Waals surface area contributed by atoms with Crippen LogP contribution in [0.4, 0.5) is 0 Å². The van der Waals surface area contributed by atoms with E-state index in [0.29, 0.717) is 13.0 Å². The van der Waals surface area contributed by atoms with Gasteiger partial charge in [0.15, 0.2) is 6.29 Å². The van der Waals surface area contributed by atoms with E-state index >= 15 is 0 Å². The number of hydrogen-bond acceptors (Lipinski definition) is 7. The van der Waals surface area contributed by atoms with Crippen LogP contribution >= 0.6 is 0 Å². The first-order chi connectivity index (χ1) is 9.45. The highest BCUT2D eigenvalue weighted by Crippen LogP contribution is 2.20. The number of nitrogens with one attached hydrogen (secondary N) is 2. The molecule has 2 aliphatic rings. The van der Waals surface area contributed by atoms with Crippen molar-refractivity contribution in [3.8, 4) is 0 Å². The number of carbonyl (C=O) groups is 1. The molecule has 2 saturated heterocycles. The van der Waals surface area contributed by atoms with Crippen molar-refractivity contribution in [3.63, 3.8) is 0 Å². The first-order valence-electron chi connectivity index (χ1n) is 6.77. The monoisotopic (exact) mass is 277 g/mol. The third-order valence-electron chi connectivity index (χ3n) is 3.50. The molecule has 0 saturated carbocycles. The molecule has 1 amide bonds. The van der Waals surface area contributed by atoms with Gasteiger partial charge < -0.3 is 35.8 Å². The summed E-state index contributed by atoms with van der Waals surface area (Å²) in [5.74, 6) is -0.501. The third kappa shape index (κ3) is 3.04. The Bertz CT molecular complexity index is 360. The Kier molecular flexibility index (Phi) is 4.26. The molecule has 0 spiro atoms. The Morgan fingerprint density at radius 3 is 2.74 bits per heavy atom. The molecule has 2 fully saturated rings. The van der Waals surface area contributed by atoms with Crippen molar-refractivity contribution in [2.24, 2.45) is 0 Å². The number of amides is 1. The van der Waals surface area contributed by atoms with E-state index in [0.717, 1.165) is 11.7 Å². The largest absolute Gasteiger partial charge is 0.394 e. The third-order valence-corrected chi connectivity index (χ3v) is 3.50. The Labute approximate surface area is 111 Å². The quantitative estimate of drug-likeness (QED) is 0.318. The summed E-state index contributed by atoms with van der Waals surface area (Å²) in [6.07, 6.45) is -4.26.